The minimum Gasteiger partial charge on any atom is -0.496 e. The number of hydrogen-bond acceptors (Lipinski definition) is 3. The molecule has 0 saturated heterocycles. The van der Waals surface area contributed by atoms with Gasteiger partial charge in [-0.1, -0.05) is 6.07 Å². The van der Waals surface area contributed by atoms with Gasteiger partial charge in [0.15, 0.2) is 0 Å². The lowest BCUT2D eigenvalue weighted by atomic mass is 10.0. The van der Waals surface area contributed by atoms with Crippen molar-refractivity contribution in [2.45, 2.75) is 12.5 Å². The number of benzene rings is 1. The zero-order chi connectivity index (χ0) is 14.0. The number of nitrogens with two attached hydrogens (primary N) is 1. The SMILES string of the molecule is COc1ccc(CC(N)c2cc(Br)sc2Br)cc1Br. The second kappa shape index (κ2) is 6.72. The van der Waals surface area contributed by atoms with Gasteiger partial charge in [-0.25, -0.2) is 0 Å². The lowest BCUT2D eigenvalue weighted by Gasteiger charge is -2.12. The quantitative estimate of drug-likeness (QED) is 0.660. The molecule has 0 aliphatic rings. The van der Waals surface area contributed by atoms with Crippen LogP contribution >= 0.6 is 59.1 Å². The van der Waals surface area contributed by atoms with Crippen LogP contribution in [0.2, 0.25) is 0 Å². The van der Waals surface area contributed by atoms with Crippen LogP contribution in [0.15, 0.2) is 36.3 Å². The molecule has 0 bridgehead atoms. The molecule has 2 N–H and O–H groups in total. The van der Waals surface area contributed by atoms with Crippen molar-refractivity contribution in [3.05, 3.63) is 47.4 Å². The van der Waals surface area contributed by atoms with Gasteiger partial charge in [0, 0.05) is 6.04 Å². The summed E-state index contributed by atoms with van der Waals surface area (Å²) >= 11 is 12.2. The molecule has 2 nitrogen and oxygen atoms in total. The second-order valence-electron chi connectivity index (χ2n) is 4.06. The molecule has 6 heteroatoms. The fourth-order valence-corrected chi connectivity index (χ4v) is 5.40. The summed E-state index contributed by atoms with van der Waals surface area (Å²) in [5.41, 5.74) is 8.57. The Morgan fingerprint density at radius 1 is 1.26 bits per heavy atom. The maximum absolute atomic E-state index is 6.27. The van der Waals surface area contributed by atoms with Crippen LogP contribution in [-0.4, -0.2) is 7.11 Å². The predicted octanol–water partition coefficient (Wildman–Crippen LogP) is 5.29. The molecule has 0 aliphatic carbocycles. The van der Waals surface area contributed by atoms with E-state index in [0.717, 1.165) is 29.8 Å². The molecular weight excluding hydrogens is 458 g/mol. The van der Waals surface area contributed by atoms with E-state index in [1.807, 2.05) is 18.2 Å². The van der Waals surface area contributed by atoms with Crippen LogP contribution in [0.4, 0.5) is 0 Å². The zero-order valence-electron chi connectivity index (χ0n) is 10.1. The van der Waals surface area contributed by atoms with Crippen LogP contribution in [0.25, 0.3) is 0 Å². The van der Waals surface area contributed by atoms with Crippen LogP contribution in [-0.2, 0) is 6.42 Å². The second-order valence-corrected chi connectivity index (χ2v) is 8.66. The van der Waals surface area contributed by atoms with E-state index in [2.05, 4.69) is 53.9 Å². The predicted molar refractivity (Wildman–Crippen MR) is 91.0 cm³/mol. The summed E-state index contributed by atoms with van der Waals surface area (Å²) in [6.45, 7) is 0. The Labute approximate surface area is 141 Å². The Hall–Kier alpha value is 0.120. The highest BCUT2D eigenvalue weighted by atomic mass is 79.9. The fraction of sp³-hybridized carbons (Fsp3) is 0.231. The molecule has 0 amide bonds. The largest absolute Gasteiger partial charge is 0.496 e. The first kappa shape index (κ1) is 15.5. The summed E-state index contributed by atoms with van der Waals surface area (Å²) in [6, 6.07) is 8.08. The highest BCUT2D eigenvalue weighted by Gasteiger charge is 2.14. The van der Waals surface area contributed by atoms with Gasteiger partial charge in [-0.15, -0.1) is 11.3 Å². The van der Waals surface area contributed by atoms with Crippen molar-refractivity contribution >= 4 is 59.1 Å². The van der Waals surface area contributed by atoms with E-state index in [1.54, 1.807) is 18.4 Å². The minimum atomic E-state index is -0.0304. The molecule has 1 unspecified atom stereocenters. The van der Waals surface area contributed by atoms with Crippen molar-refractivity contribution in [3.63, 3.8) is 0 Å². The fourth-order valence-electron chi connectivity index (χ4n) is 1.81. The maximum Gasteiger partial charge on any atom is 0.133 e. The summed E-state index contributed by atoms with van der Waals surface area (Å²) in [7, 11) is 1.66. The molecule has 0 fully saturated rings. The van der Waals surface area contributed by atoms with Gasteiger partial charge < -0.3 is 10.5 Å². The third kappa shape index (κ3) is 3.82. The van der Waals surface area contributed by atoms with Crippen LogP contribution < -0.4 is 10.5 Å². The van der Waals surface area contributed by atoms with Gasteiger partial charge in [0.05, 0.1) is 19.2 Å². The highest BCUT2D eigenvalue weighted by molar-refractivity contribution is 9.12. The van der Waals surface area contributed by atoms with Crippen molar-refractivity contribution in [2.75, 3.05) is 7.11 Å². The Morgan fingerprint density at radius 3 is 2.53 bits per heavy atom. The average molecular weight is 470 g/mol. The molecular formula is C13H12Br3NOS. The first-order valence-corrected chi connectivity index (χ1v) is 8.73. The normalized spacial score (nSPS) is 12.5. The van der Waals surface area contributed by atoms with Crippen LogP contribution in [0.5, 0.6) is 5.75 Å². The summed E-state index contributed by atoms with van der Waals surface area (Å²) < 4.78 is 8.34. The first-order valence-electron chi connectivity index (χ1n) is 5.54. The molecule has 1 heterocycles. The van der Waals surface area contributed by atoms with Crippen molar-refractivity contribution in [1.29, 1.82) is 0 Å². The molecule has 0 spiro atoms. The molecule has 102 valence electrons. The lowest BCUT2D eigenvalue weighted by Crippen LogP contribution is -2.13. The number of halogens is 3. The molecule has 0 saturated carbocycles. The molecule has 1 aromatic carbocycles. The van der Waals surface area contributed by atoms with Gasteiger partial charge in [0.2, 0.25) is 0 Å². The van der Waals surface area contributed by atoms with Crippen LogP contribution in [0, 0.1) is 0 Å². The third-order valence-corrected chi connectivity index (χ3v) is 5.76. The number of rotatable bonds is 4. The Morgan fingerprint density at radius 2 is 2.00 bits per heavy atom. The van der Waals surface area contributed by atoms with Gasteiger partial charge in [-0.05, 0) is 83.5 Å². The Bertz CT molecular complexity index is 585. The average Bonchev–Trinajstić information content (AvgIpc) is 2.69. The molecule has 2 rings (SSSR count). The highest BCUT2D eigenvalue weighted by Crippen LogP contribution is 2.36. The number of hydrogen-bond donors (Lipinski definition) is 1. The summed E-state index contributed by atoms with van der Waals surface area (Å²) in [5, 5.41) is 0. The van der Waals surface area contributed by atoms with Crippen molar-refractivity contribution in [3.8, 4) is 5.75 Å². The van der Waals surface area contributed by atoms with Gasteiger partial charge in [-0.3, -0.25) is 0 Å². The Kier molecular flexibility index (Phi) is 5.48. The van der Waals surface area contributed by atoms with Gasteiger partial charge >= 0.3 is 0 Å². The van der Waals surface area contributed by atoms with Crippen molar-refractivity contribution in [2.24, 2.45) is 5.73 Å². The Balaban J connectivity index is 2.17. The van der Waals surface area contributed by atoms with E-state index in [4.69, 9.17) is 10.5 Å². The molecule has 1 aromatic heterocycles. The number of ether oxygens (including phenoxy) is 1. The topological polar surface area (TPSA) is 35.2 Å². The van der Waals surface area contributed by atoms with E-state index >= 15 is 0 Å². The minimum absolute atomic E-state index is 0.0304. The van der Waals surface area contributed by atoms with Crippen LogP contribution in [0.1, 0.15) is 17.2 Å². The number of methoxy groups -OCH3 is 1. The summed E-state index contributed by atoms with van der Waals surface area (Å²) in [5.74, 6) is 0.830. The third-order valence-electron chi connectivity index (χ3n) is 2.75. The summed E-state index contributed by atoms with van der Waals surface area (Å²) in [6.07, 6.45) is 0.782. The number of thiophene rings is 1. The summed E-state index contributed by atoms with van der Waals surface area (Å²) in [4.78, 5) is 0. The monoisotopic (exact) mass is 467 g/mol. The van der Waals surface area contributed by atoms with Gasteiger partial charge in [0.25, 0.3) is 0 Å². The van der Waals surface area contributed by atoms with Crippen molar-refractivity contribution in [1.82, 2.24) is 0 Å². The zero-order valence-corrected chi connectivity index (χ0v) is 15.7. The molecule has 2 aromatic rings. The van der Waals surface area contributed by atoms with Gasteiger partial charge in [0.1, 0.15) is 5.75 Å². The molecule has 0 aliphatic heterocycles. The van der Waals surface area contributed by atoms with E-state index in [1.165, 1.54) is 5.56 Å². The first-order chi connectivity index (χ1) is 9.01. The molecule has 0 radical (unpaired) electrons. The van der Waals surface area contributed by atoms with Crippen molar-refractivity contribution < 1.29 is 4.74 Å². The van der Waals surface area contributed by atoms with E-state index in [0.29, 0.717) is 0 Å². The molecule has 1 atom stereocenters. The lowest BCUT2D eigenvalue weighted by molar-refractivity contribution is 0.412. The van der Waals surface area contributed by atoms with E-state index in [9.17, 15) is 0 Å². The van der Waals surface area contributed by atoms with Gasteiger partial charge in [-0.2, -0.15) is 0 Å². The smallest absolute Gasteiger partial charge is 0.133 e. The van der Waals surface area contributed by atoms with E-state index < -0.39 is 0 Å². The molecule has 19 heavy (non-hydrogen) atoms. The van der Waals surface area contributed by atoms with Crippen LogP contribution in [0.3, 0.4) is 0 Å². The maximum atomic E-state index is 6.27. The standard InChI is InChI=1S/C13H12Br3NOS/c1-18-11-3-2-7(4-9(11)14)5-10(17)8-6-12(15)19-13(8)16/h2-4,6,10H,5,17H2,1H3. The van der Waals surface area contributed by atoms with E-state index in [-0.39, 0.29) is 6.04 Å².